The van der Waals surface area contributed by atoms with Crippen molar-refractivity contribution in [3.63, 3.8) is 0 Å². The average molecular weight is 241 g/mol. The molecule has 1 aliphatic heterocycles. The summed E-state index contributed by atoms with van der Waals surface area (Å²) >= 11 is 0. The van der Waals surface area contributed by atoms with E-state index in [9.17, 15) is 9.59 Å². The predicted octanol–water partition coefficient (Wildman–Crippen LogP) is 0.137. The number of hydrogen-bond donors (Lipinski definition) is 1. The summed E-state index contributed by atoms with van der Waals surface area (Å²) in [7, 11) is 1.44. The molecule has 0 saturated carbocycles. The number of likely N-dealkylation sites (tertiary alicyclic amines) is 1. The summed E-state index contributed by atoms with van der Waals surface area (Å²) in [5.74, 6) is -0.245. The lowest BCUT2D eigenvalue weighted by molar-refractivity contribution is -0.129. The van der Waals surface area contributed by atoms with E-state index < -0.39 is 0 Å². The third-order valence-electron chi connectivity index (χ3n) is 2.51. The molecule has 0 unspecified atom stereocenters. The van der Waals surface area contributed by atoms with Gasteiger partial charge in [-0.3, -0.25) is 9.59 Å². The van der Waals surface area contributed by atoms with Crippen LogP contribution in [0.2, 0.25) is 0 Å². The number of amides is 2. The second-order valence-corrected chi connectivity index (χ2v) is 4.08. The Morgan fingerprint density at radius 3 is 2.59 bits per heavy atom. The summed E-state index contributed by atoms with van der Waals surface area (Å²) in [5, 5.41) is 3.84. The number of nitrogens with one attached hydrogen (secondary N) is 1. The molecule has 1 fully saturated rings. The fraction of sp³-hybridized carbons (Fsp3) is 0.727. The molecule has 1 N–H and O–H groups in total. The molecule has 0 aromatic carbocycles. The maximum absolute atomic E-state index is 11.7. The molecule has 1 heterocycles. The van der Waals surface area contributed by atoms with Crippen molar-refractivity contribution in [1.29, 1.82) is 0 Å². The monoisotopic (exact) mass is 241 g/mol. The van der Waals surface area contributed by atoms with Crippen molar-refractivity contribution in [3.05, 3.63) is 0 Å². The molecule has 0 atom stereocenters. The van der Waals surface area contributed by atoms with Crippen molar-refractivity contribution in [1.82, 2.24) is 10.3 Å². The van der Waals surface area contributed by atoms with E-state index in [0.29, 0.717) is 5.71 Å². The third kappa shape index (κ3) is 4.95. The molecule has 17 heavy (non-hydrogen) atoms. The summed E-state index contributed by atoms with van der Waals surface area (Å²) in [6.07, 6.45) is 2.41. The second-order valence-electron chi connectivity index (χ2n) is 4.08. The third-order valence-corrected chi connectivity index (χ3v) is 2.51. The Morgan fingerprint density at radius 2 is 2.00 bits per heavy atom. The van der Waals surface area contributed by atoms with Gasteiger partial charge in [-0.2, -0.15) is 5.10 Å². The van der Waals surface area contributed by atoms with Crippen LogP contribution in [0.25, 0.3) is 0 Å². The van der Waals surface area contributed by atoms with Crippen LogP contribution in [-0.2, 0) is 14.3 Å². The van der Waals surface area contributed by atoms with Crippen LogP contribution >= 0.6 is 0 Å². The maximum atomic E-state index is 11.7. The Bertz CT molecular complexity index is 309. The maximum Gasteiger partial charge on any atom is 0.266 e. The van der Waals surface area contributed by atoms with Gasteiger partial charge in [0.1, 0.15) is 6.61 Å². The van der Waals surface area contributed by atoms with Crippen LogP contribution < -0.4 is 5.43 Å². The Hall–Kier alpha value is -1.43. The summed E-state index contributed by atoms with van der Waals surface area (Å²) in [4.78, 5) is 24.6. The first-order valence-electron chi connectivity index (χ1n) is 5.72. The lowest BCUT2D eigenvalue weighted by atomic mass is 10.3. The molecule has 1 aliphatic rings. The zero-order valence-electron chi connectivity index (χ0n) is 10.4. The zero-order chi connectivity index (χ0) is 12.7. The minimum atomic E-state index is -0.319. The molecule has 6 nitrogen and oxygen atoms in total. The summed E-state index contributed by atoms with van der Waals surface area (Å²) < 4.78 is 4.64. The number of carbonyl (C=O) groups is 2. The van der Waals surface area contributed by atoms with Crippen molar-refractivity contribution in [3.8, 4) is 0 Å². The SMILES string of the molecule is COCC(=O)NN=C(C)CC(=O)N1CCCC1. The van der Waals surface area contributed by atoms with E-state index in [-0.39, 0.29) is 24.8 Å². The highest BCUT2D eigenvalue weighted by Crippen LogP contribution is 2.08. The molecular formula is C11H19N3O3. The first-order valence-corrected chi connectivity index (χ1v) is 5.72. The highest BCUT2D eigenvalue weighted by atomic mass is 16.5. The molecule has 0 spiro atoms. The minimum Gasteiger partial charge on any atom is -0.375 e. The largest absolute Gasteiger partial charge is 0.375 e. The van der Waals surface area contributed by atoms with Gasteiger partial charge < -0.3 is 9.64 Å². The van der Waals surface area contributed by atoms with Crippen molar-refractivity contribution in [2.24, 2.45) is 5.10 Å². The van der Waals surface area contributed by atoms with Gasteiger partial charge in [0.05, 0.1) is 6.42 Å². The van der Waals surface area contributed by atoms with Crippen molar-refractivity contribution in [2.75, 3.05) is 26.8 Å². The minimum absolute atomic E-state index is 0.0309. The van der Waals surface area contributed by atoms with E-state index in [2.05, 4.69) is 15.3 Å². The van der Waals surface area contributed by atoms with E-state index in [1.54, 1.807) is 6.92 Å². The standard InChI is InChI=1S/C11H19N3O3/c1-9(12-13-10(15)8-17-2)7-11(16)14-5-3-4-6-14/h3-8H2,1-2H3,(H,13,15). The molecular weight excluding hydrogens is 222 g/mol. The van der Waals surface area contributed by atoms with Crippen molar-refractivity contribution >= 4 is 17.5 Å². The zero-order valence-corrected chi connectivity index (χ0v) is 10.4. The van der Waals surface area contributed by atoms with Crippen LogP contribution in [-0.4, -0.2) is 49.2 Å². The van der Waals surface area contributed by atoms with Gasteiger partial charge >= 0.3 is 0 Å². The normalized spacial score (nSPS) is 16.1. The van der Waals surface area contributed by atoms with Gasteiger partial charge in [0.25, 0.3) is 5.91 Å². The van der Waals surface area contributed by atoms with Gasteiger partial charge in [-0.15, -0.1) is 0 Å². The van der Waals surface area contributed by atoms with Gasteiger partial charge in [-0.1, -0.05) is 0 Å². The van der Waals surface area contributed by atoms with Gasteiger partial charge in [0.15, 0.2) is 0 Å². The smallest absolute Gasteiger partial charge is 0.266 e. The molecule has 1 rings (SSSR count). The number of rotatable bonds is 5. The number of methoxy groups -OCH3 is 1. The van der Waals surface area contributed by atoms with Crippen molar-refractivity contribution < 1.29 is 14.3 Å². The number of carbonyl (C=O) groups excluding carboxylic acids is 2. The van der Waals surface area contributed by atoms with Crippen molar-refractivity contribution in [2.45, 2.75) is 26.2 Å². The average Bonchev–Trinajstić information content (AvgIpc) is 2.80. The molecule has 0 radical (unpaired) electrons. The van der Waals surface area contributed by atoms with Crippen LogP contribution in [0.15, 0.2) is 5.10 Å². The van der Waals surface area contributed by atoms with Gasteiger partial charge in [-0.05, 0) is 19.8 Å². The number of hydrogen-bond acceptors (Lipinski definition) is 4. The fourth-order valence-electron chi connectivity index (χ4n) is 1.66. The molecule has 0 aliphatic carbocycles. The quantitative estimate of drug-likeness (QED) is 0.549. The van der Waals surface area contributed by atoms with E-state index in [1.165, 1.54) is 7.11 Å². The van der Waals surface area contributed by atoms with Gasteiger partial charge in [0, 0.05) is 25.9 Å². The van der Waals surface area contributed by atoms with Crippen LogP contribution in [0.4, 0.5) is 0 Å². The lowest BCUT2D eigenvalue weighted by Gasteiger charge is -2.14. The predicted molar refractivity (Wildman–Crippen MR) is 63.6 cm³/mol. The van der Waals surface area contributed by atoms with E-state index in [1.807, 2.05) is 4.90 Å². The molecule has 0 bridgehead atoms. The summed E-state index contributed by atoms with van der Waals surface area (Å²) in [5.41, 5.74) is 2.94. The molecule has 0 aromatic heterocycles. The van der Waals surface area contributed by atoms with Crippen LogP contribution in [0.5, 0.6) is 0 Å². The fourth-order valence-corrected chi connectivity index (χ4v) is 1.66. The van der Waals surface area contributed by atoms with Crippen LogP contribution in [0.3, 0.4) is 0 Å². The first kappa shape index (κ1) is 13.6. The van der Waals surface area contributed by atoms with Gasteiger partial charge in [-0.25, -0.2) is 5.43 Å². The lowest BCUT2D eigenvalue weighted by Crippen LogP contribution is -2.30. The highest BCUT2D eigenvalue weighted by Gasteiger charge is 2.18. The molecule has 6 heteroatoms. The van der Waals surface area contributed by atoms with E-state index in [0.717, 1.165) is 25.9 Å². The highest BCUT2D eigenvalue weighted by molar-refractivity contribution is 6.00. The Kier molecular flexibility index (Phi) is 5.62. The Labute approximate surface area is 101 Å². The topological polar surface area (TPSA) is 71.0 Å². The Balaban J connectivity index is 2.31. The van der Waals surface area contributed by atoms with E-state index >= 15 is 0 Å². The number of hydrazone groups is 1. The molecule has 0 aromatic rings. The number of ether oxygens (including phenoxy) is 1. The molecule has 1 saturated heterocycles. The first-order chi connectivity index (χ1) is 8.13. The summed E-state index contributed by atoms with van der Waals surface area (Å²) in [6.45, 7) is 3.36. The van der Waals surface area contributed by atoms with Crippen LogP contribution in [0.1, 0.15) is 26.2 Å². The van der Waals surface area contributed by atoms with E-state index in [4.69, 9.17) is 0 Å². The number of nitrogens with zero attached hydrogens (tertiary/aromatic N) is 2. The Morgan fingerprint density at radius 1 is 1.35 bits per heavy atom. The second kappa shape index (κ2) is 7.01. The van der Waals surface area contributed by atoms with Crippen LogP contribution in [0, 0.1) is 0 Å². The van der Waals surface area contributed by atoms with Gasteiger partial charge in [0.2, 0.25) is 5.91 Å². The molecule has 96 valence electrons. The summed E-state index contributed by atoms with van der Waals surface area (Å²) in [6, 6.07) is 0. The molecule has 2 amide bonds.